The fourth-order valence-electron chi connectivity index (χ4n) is 2.02. The molecule has 0 fully saturated rings. The Kier molecular flexibility index (Phi) is 3.95. The molecule has 0 amide bonds. The highest BCUT2D eigenvalue weighted by Crippen LogP contribution is 2.24. The maximum Gasteiger partial charge on any atom is 0.162 e. The van der Waals surface area contributed by atoms with Crippen molar-refractivity contribution in [3.63, 3.8) is 0 Å². The van der Waals surface area contributed by atoms with Crippen LogP contribution in [0, 0.1) is 6.92 Å². The van der Waals surface area contributed by atoms with Crippen molar-refractivity contribution in [2.45, 2.75) is 20.3 Å². The first-order chi connectivity index (χ1) is 9.15. The van der Waals surface area contributed by atoms with E-state index in [0.717, 1.165) is 28.1 Å². The van der Waals surface area contributed by atoms with E-state index >= 15 is 0 Å². The lowest BCUT2D eigenvalue weighted by molar-refractivity contribution is 0.0987. The molecular weight excluding hydrogens is 238 g/mol. The van der Waals surface area contributed by atoms with Crippen LogP contribution in [0.25, 0.3) is 11.3 Å². The summed E-state index contributed by atoms with van der Waals surface area (Å²) in [4.78, 5) is 16.1. The third-order valence-electron chi connectivity index (χ3n) is 3.11. The number of carbonyl (C=O) groups is 1. The molecule has 1 aromatic carbocycles. The second-order valence-electron chi connectivity index (χ2n) is 4.39. The highest BCUT2D eigenvalue weighted by Gasteiger charge is 2.09. The van der Waals surface area contributed by atoms with Crippen LogP contribution in [0.2, 0.25) is 0 Å². The normalized spacial score (nSPS) is 10.3. The van der Waals surface area contributed by atoms with E-state index in [9.17, 15) is 4.79 Å². The molecule has 0 atom stereocenters. The van der Waals surface area contributed by atoms with Crippen LogP contribution >= 0.6 is 0 Å². The number of nitrogens with zero attached hydrogens (tertiary/aromatic N) is 1. The van der Waals surface area contributed by atoms with Gasteiger partial charge in [0, 0.05) is 29.8 Å². The van der Waals surface area contributed by atoms with Crippen LogP contribution in [0.3, 0.4) is 0 Å². The number of Topliss-reactive ketones (excluding diaryl/α,β-unsaturated/α-hetero) is 1. The van der Waals surface area contributed by atoms with Gasteiger partial charge in [-0.05, 0) is 24.6 Å². The van der Waals surface area contributed by atoms with Gasteiger partial charge in [0.1, 0.15) is 5.75 Å². The summed E-state index contributed by atoms with van der Waals surface area (Å²) in [6.07, 6.45) is 2.24. The average molecular weight is 255 g/mol. The van der Waals surface area contributed by atoms with Gasteiger partial charge in [0.25, 0.3) is 0 Å². The maximum atomic E-state index is 11.7. The summed E-state index contributed by atoms with van der Waals surface area (Å²) < 4.78 is 5.19. The van der Waals surface area contributed by atoms with Gasteiger partial charge in [0.2, 0.25) is 0 Å². The fraction of sp³-hybridized carbons (Fsp3) is 0.250. The minimum atomic E-state index is 0.169. The Balaban J connectivity index is 2.41. The molecule has 0 unspecified atom stereocenters. The van der Waals surface area contributed by atoms with Crippen molar-refractivity contribution in [2.75, 3.05) is 7.11 Å². The number of hydrogen-bond donors (Lipinski definition) is 0. The summed E-state index contributed by atoms with van der Waals surface area (Å²) in [5.74, 6) is 0.944. The van der Waals surface area contributed by atoms with Gasteiger partial charge >= 0.3 is 0 Å². The van der Waals surface area contributed by atoms with Gasteiger partial charge in [-0.25, -0.2) is 0 Å². The third-order valence-corrected chi connectivity index (χ3v) is 3.11. The van der Waals surface area contributed by atoms with Crippen LogP contribution in [-0.4, -0.2) is 17.9 Å². The molecule has 1 aromatic heterocycles. The van der Waals surface area contributed by atoms with E-state index in [2.05, 4.69) is 4.98 Å². The minimum absolute atomic E-state index is 0.169. The number of carbonyl (C=O) groups excluding carboxylic acids is 1. The second kappa shape index (κ2) is 5.65. The summed E-state index contributed by atoms with van der Waals surface area (Å²) in [7, 11) is 1.63. The molecule has 0 aliphatic heterocycles. The molecule has 0 spiro atoms. The van der Waals surface area contributed by atoms with Crippen molar-refractivity contribution in [3.8, 4) is 17.0 Å². The highest BCUT2D eigenvalue weighted by atomic mass is 16.5. The third kappa shape index (κ3) is 2.81. The average Bonchev–Trinajstić information content (AvgIpc) is 2.46. The summed E-state index contributed by atoms with van der Waals surface area (Å²) in [5.41, 5.74) is 3.60. The smallest absolute Gasteiger partial charge is 0.162 e. The molecule has 0 aliphatic rings. The molecule has 0 aliphatic carbocycles. The van der Waals surface area contributed by atoms with Crippen molar-refractivity contribution in [1.29, 1.82) is 0 Å². The lowest BCUT2D eigenvalue weighted by Crippen LogP contribution is -2.00. The Hall–Kier alpha value is -2.16. The number of ether oxygens (including phenoxy) is 1. The Morgan fingerprint density at radius 2 is 2.05 bits per heavy atom. The highest BCUT2D eigenvalue weighted by molar-refractivity contribution is 5.97. The molecule has 98 valence electrons. The number of aromatic nitrogens is 1. The zero-order chi connectivity index (χ0) is 13.8. The van der Waals surface area contributed by atoms with Gasteiger partial charge in [-0.2, -0.15) is 0 Å². The van der Waals surface area contributed by atoms with Crippen molar-refractivity contribution >= 4 is 5.78 Å². The van der Waals surface area contributed by atoms with E-state index in [1.807, 2.05) is 44.2 Å². The van der Waals surface area contributed by atoms with E-state index in [1.54, 1.807) is 13.3 Å². The monoisotopic (exact) mass is 255 g/mol. The number of rotatable bonds is 4. The SMILES string of the molecule is CCC(=O)c1ccc(-c2cc(OC)ccn2)cc1C. The molecule has 1 heterocycles. The molecule has 0 saturated carbocycles. The second-order valence-corrected chi connectivity index (χ2v) is 4.39. The van der Waals surface area contributed by atoms with E-state index in [1.165, 1.54) is 0 Å². The number of methoxy groups -OCH3 is 1. The Morgan fingerprint density at radius 1 is 1.26 bits per heavy atom. The van der Waals surface area contributed by atoms with Gasteiger partial charge in [-0.15, -0.1) is 0 Å². The van der Waals surface area contributed by atoms with E-state index in [-0.39, 0.29) is 5.78 Å². The van der Waals surface area contributed by atoms with Crippen molar-refractivity contribution in [3.05, 3.63) is 47.7 Å². The first kappa shape index (κ1) is 13.3. The summed E-state index contributed by atoms with van der Waals surface area (Å²) in [6.45, 7) is 3.83. The molecule has 2 aromatic rings. The summed E-state index contributed by atoms with van der Waals surface area (Å²) in [5, 5.41) is 0. The molecule has 0 radical (unpaired) electrons. The Bertz CT molecular complexity index is 605. The number of pyridine rings is 1. The van der Waals surface area contributed by atoms with Gasteiger partial charge in [0.15, 0.2) is 5.78 Å². The van der Waals surface area contributed by atoms with Crippen LogP contribution < -0.4 is 4.74 Å². The summed E-state index contributed by atoms with van der Waals surface area (Å²) >= 11 is 0. The van der Waals surface area contributed by atoms with Gasteiger partial charge in [0.05, 0.1) is 12.8 Å². The topological polar surface area (TPSA) is 39.2 Å². The number of ketones is 1. The van der Waals surface area contributed by atoms with Crippen molar-refractivity contribution in [2.24, 2.45) is 0 Å². The van der Waals surface area contributed by atoms with E-state index in [4.69, 9.17) is 4.74 Å². The lowest BCUT2D eigenvalue weighted by atomic mass is 9.99. The number of hydrogen-bond acceptors (Lipinski definition) is 3. The molecule has 0 bridgehead atoms. The van der Waals surface area contributed by atoms with Crippen LogP contribution in [-0.2, 0) is 0 Å². The van der Waals surface area contributed by atoms with Crippen LogP contribution in [0.1, 0.15) is 29.3 Å². The number of aryl methyl sites for hydroxylation is 1. The van der Waals surface area contributed by atoms with Crippen LogP contribution in [0.4, 0.5) is 0 Å². The number of benzene rings is 1. The Morgan fingerprint density at radius 3 is 2.68 bits per heavy atom. The van der Waals surface area contributed by atoms with Gasteiger partial charge < -0.3 is 4.74 Å². The van der Waals surface area contributed by atoms with Crippen molar-refractivity contribution in [1.82, 2.24) is 4.98 Å². The molecule has 0 saturated heterocycles. The van der Waals surface area contributed by atoms with Crippen LogP contribution in [0.5, 0.6) is 5.75 Å². The Labute approximate surface area is 113 Å². The molecule has 2 rings (SSSR count). The molecule has 0 N–H and O–H groups in total. The van der Waals surface area contributed by atoms with Gasteiger partial charge in [-0.1, -0.05) is 19.1 Å². The van der Waals surface area contributed by atoms with E-state index < -0.39 is 0 Å². The zero-order valence-electron chi connectivity index (χ0n) is 11.4. The first-order valence-electron chi connectivity index (χ1n) is 6.30. The maximum absolute atomic E-state index is 11.7. The van der Waals surface area contributed by atoms with Gasteiger partial charge in [-0.3, -0.25) is 9.78 Å². The molecule has 3 heteroatoms. The molecule has 19 heavy (non-hydrogen) atoms. The summed E-state index contributed by atoms with van der Waals surface area (Å²) in [6, 6.07) is 9.49. The lowest BCUT2D eigenvalue weighted by Gasteiger charge is -2.08. The predicted octanol–water partition coefficient (Wildman–Crippen LogP) is 3.66. The first-order valence-corrected chi connectivity index (χ1v) is 6.30. The van der Waals surface area contributed by atoms with Crippen LogP contribution in [0.15, 0.2) is 36.5 Å². The fourth-order valence-corrected chi connectivity index (χ4v) is 2.02. The molecular formula is C16H17NO2. The molecule has 3 nitrogen and oxygen atoms in total. The van der Waals surface area contributed by atoms with E-state index in [0.29, 0.717) is 6.42 Å². The standard InChI is InChI=1S/C16H17NO2/c1-4-16(18)14-6-5-12(9-11(14)2)15-10-13(19-3)7-8-17-15/h5-10H,4H2,1-3H3. The predicted molar refractivity (Wildman–Crippen MR) is 75.6 cm³/mol. The quantitative estimate of drug-likeness (QED) is 0.783. The zero-order valence-corrected chi connectivity index (χ0v) is 11.4. The van der Waals surface area contributed by atoms with Crippen molar-refractivity contribution < 1.29 is 9.53 Å². The minimum Gasteiger partial charge on any atom is -0.497 e. The largest absolute Gasteiger partial charge is 0.497 e.